The van der Waals surface area contributed by atoms with Crippen LogP contribution in [0, 0.1) is 0 Å². The van der Waals surface area contributed by atoms with E-state index in [4.69, 9.17) is 23.2 Å². The maximum absolute atomic E-state index is 5.68. The Morgan fingerprint density at radius 2 is 1.62 bits per heavy atom. The zero-order chi connectivity index (χ0) is 9.94. The number of unbranched alkanes of at least 4 members (excludes halogenated alkanes) is 5. The number of halogens is 2. The molecule has 0 aliphatic heterocycles. The Morgan fingerprint density at radius 1 is 1.00 bits per heavy atom. The molecule has 0 atom stereocenters. The lowest BCUT2D eigenvalue weighted by Crippen LogP contribution is -1.86. The van der Waals surface area contributed by atoms with Gasteiger partial charge < -0.3 is 0 Å². The Kier molecular flexibility index (Phi) is 10.7. The van der Waals surface area contributed by atoms with Gasteiger partial charge in [0.25, 0.3) is 0 Å². The van der Waals surface area contributed by atoms with Crippen LogP contribution < -0.4 is 0 Å². The molecule has 0 spiro atoms. The molecule has 2 heteroatoms. The van der Waals surface area contributed by atoms with Gasteiger partial charge in [-0.3, -0.25) is 0 Å². The van der Waals surface area contributed by atoms with Crippen molar-refractivity contribution < 1.29 is 0 Å². The summed E-state index contributed by atoms with van der Waals surface area (Å²) in [6, 6.07) is 0. The number of rotatable bonds is 8. The van der Waals surface area contributed by atoms with Gasteiger partial charge in [-0.25, -0.2) is 0 Å². The quantitative estimate of drug-likeness (QED) is 0.316. The molecule has 0 heterocycles. The van der Waals surface area contributed by atoms with Crippen molar-refractivity contribution in [3.8, 4) is 0 Å². The van der Waals surface area contributed by atoms with E-state index in [0.717, 1.165) is 6.42 Å². The molecule has 78 valence electrons. The van der Waals surface area contributed by atoms with Crippen molar-refractivity contribution in [2.24, 2.45) is 0 Å². The van der Waals surface area contributed by atoms with Gasteiger partial charge in [0.15, 0.2) is 0 Å². The summed E-state index contributed by atoms with van der Waals surface area (Å²) in [5, 5.41) is 0. The van der Waals surface area contributed by atoms with E-state index >= 15 is 0 Å². The van der Waals surface area contributed by atoms with E-state index in [-0.39, 0.29) is 0 Å². The second-order valence-electron chi connectivity index (χ2n) is 3.33. The second kappa shape index (κ2) is 10.4. The molecule has 0 bridgehead atoms. The molecule has 0 rings (SSSR count). The summed E-state index contributed by atoms with van der Waals surface area (Å²) in [6.45, 7) is 2.24. The number of hydrogen-bond donors (Lipinski definition) is 0. The molecule has 0 amide bonds. The molecule has 0 fully saturated rings. The van der Waals surface area contributed by atoms with E-state index in [1.165, 1.54) is 37.7 Å². The minimum atomic E-state index is 0.582. The van der Waals surface area contributed by atoms with Gasteiger partial charge in [0, 0.05) is 11.8 Å². The molecule has 0 nitrogen and oxygen atoms in total. The summed E-state index contributed by atoms with van der Waals surface area (Å²) in [6.07, 6.45) is 9.97. The fourth-order valence-electron chi connectivity index (χ4n) is 1.20. The van der Waals surface area contributed by atoms with Crippen LogP contribution in [0.3, 0.4) is 0 Å². The monoisotopic (exact) mass is 222 g/mol. The summed E-state index contributed by atoms with van der Waals surface area (Å²) in [4.78, 5) is 0. The Labute approximate surface area is 92.3 Å². The molecule has 13 heavy (non-hydrogen) atoms. The normalized spacial score (nSPS) is 10.1. The first-order valence-electron chi connectivity index (χ1n) is 5.15. The first-order chi connectivity index (χ1) is 6.35. The largest absolute Gasteiger partial charge is 0.122 e. The Balaban J connectivity index is 3.27. The van der Waals surface area contributed by atoms with E-state index in [9.17, 15) is 0 Å². The Hall–Kier alpha value is 0.320. The Morgan fingerprint density at radius 3 is 2.15 bits per heavy atom. The van der Waals surface area contributed by atoms with E-state index in [1.54, 1.807) is 0 Å². The maximum Gasteiger partial charge on any atom is 0.0445 e. The molecule has 0 aromatic heterocycles. The zero-order valence-corrected chi connectivity index (χ0v) is 10.0. The highest BCUT2D eigenvalue weighted by Gasteiger charge is 1.92. The summed E-state index contributed by atoms with van der Waals surface area (Å²) < 4.78 is 0. The van der Waals surface area contributed by atoms with Crippen molar-refractivity contribution >= 4 is 23.2 Å². The van der Waals surface area contributed by atoms with Crippen LogP contribution in [0.4, 0.5) is 0 Å². The lowest BCUT2D eigenvalue weighted by Gasteiger charge is -1.99. The smallest absolute Gasteiger partial charge is 0.0445 e. The van der Waals surface area contributed by atoms with Crippen LogP contribution in [-0.2, 0) is 0 Å². The first kappa shape index (κ1) is 13.3. The molecule has 0 unspecified atom stereocenters. The van der Waals surface area contributed by atoms with Crippen molar-refractivity contribution in [2.45, 2.75) is 45.4 Å². The molecule has 0 aliphatic carbocycles. The molecule has 0 N–H and O–H groups in total. The zero-order valence-electron chi connectivity index (χ0n) is 8.49. The van der Waals surface area contributed by atoms with Gasteiger partial charge in [-0.1, -0.05) is 38.7 Å². The van der Waals surface area contributed by atoms with Crippen LogP contribution in [0.15, 0.2) is 11.6 Å². The minimum absolute atomic E-state index is 0.582. The van der Waals surface area contributed by atoms with Gasteiger partial charge >= 0.3 is 0 Å². The number of hydrogen-bond acceptors (Lipinski definition) is 0. The maximum atomic E-state index is 5.68. The van der Waals surface area contributed by atoms with Crippen LogP contribution >= 0.6 is 23.2 Å². The van der Waals surface area contributed by atoms with Crippen molar-refractivity contribution in [3.05, 3.63) is 11.6 Å². The van der Waals surface area contributed by atoms with Gasteiger partial charge in [-0.2, -0.15) is 0 Å². The number of allylic oxidation sites excluding steroid dienone is 2. The van der Waals surface area contributed by atoms with Gasteiger partial charge in [0.05, 0.1) is 0 Å². The highest BCUT2D eigenvalue weighted by Crippen LogP contribution is 2.08. The Bertz CT molecular complexity index is 124. The van der Waals surface area contributed by atoms with Crippen LogP contribution in [0.5, 0.6) is 0 Å². The van der Waals surface area contributed by atoms with Crippen LogP contribution in [0.25, 0.3) is 0 Å². The highest BCUT2D eigenvalue weighted by molar-refractivity contribution is 6.23. The summed E-state index contributed by atoms with van der Waals surface area (Å²) >= 11 is 11.4. The molecule has 0 aromatic rings. The van der Waals surface area contributed by atoms with E-state index in [2.05, 4.69) is 13.0 Å². The topological polar surface area (TPSA) is 0 Å². The predicted octanol–water partition coefficient (Wildman–Crippen LogP) is 4.75. The fourth-order valence-corrected chi connectivity index (χ4v) is 1.70. The standard InChI is InChI=1S/C11H20Cl2/c1-2-3-4-5-6-7-8-11(9-12)10-13/h8H,2-7,9-10H2,1H3. The molecular formula is C11H20Cl2. The SMILES string of the molecule is CCCCCCCC=C(CCl)CCl. The van der Waals surface area contributed by atoms with E-state index in [1.807, 2.05) is 0 Å². The molecule has 0 aliphatic rings. The third kappa shape index (κ3) is 8.64. The molecule has 0 saturated carbocycles. The van der Waals surface area contributed by atoms with Gasteiger partial charge in [0.2, 0.25) is 0 Å². The minimum Gasteiger partial charge on any atom is -0.122 e. The van der Waals surface area contributed by atoms with Crippen LogP contribution in [0.2, 0.25) is 0 Å². The summed E-state index contributed by atoms with van der Waals surface area (Å²) in [5.41, 5.74) is 1.17. The molecule has 0 aromatic carbocycles. The molecular weight excluding hydrogens is 203 g/mol. The third-order valence-corrected chi connectivity index (χ3v) is 2.77. The summed E-state index contributed by atoms with van der Waals surface area (Å²) in [7, 11) is 0. The average molecular weight is 223 g/mol. The van der Waals surface area contributed by atoms with Gasteiger partial charge in [0.1, 0.15) is 0 Å². The lowest BCUT2D eigenvalue weighted by molar-refractivity contribution is 0.637. The van der Waals surface area contributed by atoms with E-state index < -0.39 is 0 Å². The predicted molar refractivity (Wildman–Crippen MR) is 62.9 cm³/mol. The van der Waals surface area contributed by atoms with Crippen LogP contribution in [0.1, 0.15) is 45.4 Å². The highest BCUT2D eigenvalue weighted by atomic mass is 35.5. The molecule has 0 saturated heterocycles. The lowest BCUT2D eigenvalue weighted by atomic mass is 10.1. The van der Waals surface area contributed by atoms with E-state index in [0.29, 0.717) is 11.8 Å². The first-order valence-corrected chi connectivity index (χ1v) is 6.21. The van der Waals surface area contributed by atoms with Crippen molar-refractivity contribution in [1.29, 1.82) is 0 Å². The van der Waals surface area contributed by atoms with Crippen molar-refractivity contribution in [1.82, 2.24) is 0 Å². The third-order valence-electron chi connectivity index (χ3n) is 2.08. The van der Waals surface area contributed by atoms with Crippen molar-refractivity contribution in [2.75, 3.05) is 11.8 Å². The van der Waals surface area contributed by atoms with Gasteiger partial charge in [-0.05, 0) is 18.4 Å². The van der Waals surface area contributed by atoms with Gasteiger partial charge in [-0.15, -0.1) is 23.2 Å². The van der Waals surface area contributed by atoms with Crippen molar-refractivity contribution in [3.63, 3.8) is 0 Å². The second-order valence-corrected chi connectivity index (χ2v) is 3.87. The summed E-state index contributed by atoms with van der Waals surface area (Å²) in [5.74, 6) is 1.16. The van der Waals surface area contributed by atoms with Crippen LogP contribution in [-0.4, -0.2) is 11.8 Å². The number of alkyl halides is 2. The molecule has 0 radical (unpaired) electrons. The fraction of sp³-hybridized carbons (Fsp3) is 0.818. The average Bonchev–Trinajstić information content (AvgIpc) is 2.17.